The molecule has 0 saturated heterocycles. The van der Waals surface area contributed by atoms with Crippen molar-refractivity contribution in [3.63, 3.8) is 0 Å². The van der Waals surface area contributed by atoms with Crippen LogP contribution in [0.15, 0.2) is 30.3 Å². The van der Waals surface area contributed by atoms with Gasteiger partial charge in [-0.2, -0.15) is 0 Å². The molecule has 1 aromatic carbocycles. The molecule has 7 heteroatoms. The van der Waals surface area contributed by atoms with Crippen LogP contribution in [0.25, 0.3) is 0 Å². The lowest BCUT2D eigenvalue weighted by Crippen LogP contribution is -2.49. The van der Waals surface area contributed by atoms with E-state index in [9.17, 15) is 9.59 Å². The van der Waals surface area contributed by atoms with Crippen LogP contribution in [0.3, 0.4) is 0 Å². The van der Waals surface area contributed by atoms with Crippen molar-refractivity contribution >= 4 is 29.1 Å². The topological polar surface area (TPSA) is 79.5 Å². The van der Waals surface area contributed by atoms with Crippen LogP contribution < -0.4 is 16.2 Å². The molecule has 0 atom stereocenters. The van der Waals surface area contributed by atoms with Crippen molar-refractivity contribution < 1.29 is 14.3 Å². The zero-order valence-electron chi connectivity index (χ0n) is 11.1. The fraction of sp³-hybridized carbons (Fsp3) is 0.308. The number of amides is 2. The predicted molar refractivity (Wildman–Crippen MR) is 78.7 cm³/mol. The summed E-state index contributed by atoms with van der Waals surface area (Å²) in [6.45, 7) is 2.17. The van der Waals surface area contributed by atoms with Gasteiger partial charge < -0.3 is 10.1 Å². The Labute approximate surface area is 122 Å². The van der Waals surface area contributed by atoms with Gasteiger partial charge in [0.1, 0.15) is 6.61 Å². The second kappa shape index (κ2) is 9.00. The summed E-state index contributed by atoms with van der Waals surface area (Å²) in [5.41, 5.74) is 5.63. The minimum atomic E-state index is -0.369. The Balaban J connectivity index is 2.25. The number of hydrogen-bond donors (Lipinski definition) is 3. The minimum absolute atomic E-state index is 0.0378. The van der Waals surface area contributed by atoms with Gasteiger partial charge in [0.05, 0.1) is 6.42 Å². The number of ether oxygens (including phenoxy) is 1. The molecule has 2 amide bonds. The first-order chi connectivity index (χ1) is 9.61. The van der Waals surface area contributed by atoms with Crippen molar-refractivity contribution in [1.29, 1.82) is 0 Å². The van der Waals surface area contributed by atoms with Crippen molar-refractivity contribution in [2.24, 2.45) is 0 Å². The number of carbonyl (C=O) groups excluding carboxylic acids is 2. The molecule has 0 unspecified atom stereocenters. The number of benzene rings is 1. The van der Waals surface area contributed by atoms with Crippen molar-refractivity contribution in [1.82, 2.24) is 16.2 Å². The number of carbonyl (C=O) groups is 2. The first-order valence-electron chi connectivity index (χ1n) is 6.12. The number of hydrogen-bond acceptors (Lipinski definition) is 4. The third-order valence-electron chi connectivity index (χ3n) is 2.21. The van der Waals surface area contributed by atoms with Crippen LogP contribution in [-0.2, 0) is 20.7 Å². The predicted octanol–water partition coefficient (Wildman–Crippen LogP) is 0.288. The molecule has 0 aliphatic carbocycles. The first kappa shape index (κ1) is 16.1. The van der Waals surface area contributed by atoms with E-state index in [-0.39, 0.29) is 30.0 Å². The van der Waals surface area contributed by atoms with Gasteiger partial charge in [0.2, 0.25) is 5.91 Å². The summed E-state index contributed by atoms with van der Waals surface area (Å²) in [5.74, 6) is -0.626. The van der Waals surface area contributed by atoms with E-state index in [1.807, 2.05) is 30.3 Å². The summed E-state index contributed by atoms with van der Waals surface area (Å²) in [5, 5.41) is 2.50. The summed E-state index contributed by atoms with van der Waals surface area (Å²) in [4.78, 5) is 22.9. The molecule has 0 aliphatic heterocycles. The quantitative estimate of drug-likeness (QED) is 0.537. The van der Waals surface area contributed by atoms with Gasteiger partial charge in [-0.25, -0.2) is 0 Å². The van der Waals surface area contributed by atoms with E-state index < -0.39 is 0 Å². The van der Waals surface area contributed by atoms with Gasteiger partial charge in [0.15, 0.2) is 5.11 Å². The molecule has 0 bridgehead atoms. The second-order valence-electron chi connectivity index (χ2n) is 3.85. The molecule has 0 fully saturated rings. The molecule has 20 heavy (non-hydrogen) atoms. The van der Waals surface area contributed by atoms with Crippen LogP contribution in [-0.4, -0.2) is 30.1 Å². The number of rotatable bonds is 5. The summed E-state index contributed by atoms with van der Waals surface area (Å²) < 4.78 is 4.91. The summed E-state index contributed by atoms with van der Waals surface area (Å²) in [6.07, 6.45) is 0.218. The van der Waals surface area contributed by atoms with E-state index in [1.54, 1.807) is 6.92 Å². The van der Waals surface area contributed by atoms with E-state index in [1.165, 1.54) is 0 Å². The molecule has 3 N–H and O–H groups in total. The van der Waals surface area contributed by atoms with Crippen LogP contribution in [0, 0.1) is 0 Å². The molecule has 108 valence electrons. The van der Waals surface area contributed by atoms with E-state index in [0.717, 1.165) is 5.56 Å². The monoisotopic (exact) mass is 295 g/mol. The molecule has 1 aromatic rings. The SMILES string of the molecule is CCOCC(=O)NNC(=S)NC(=O)Cc1ccccc1. The molecular formula is C13H17N3O3S. The molecule has 0 aromatic heterocycles. The Bertz CT molecular complexity index is 465. The first-order valence-corrected chi connectivity index (χ1v) is 6.53. The molecular weight excluding hydrogens is 278 g/mol. The average Bonchev–Trinajstić information content (AvgIpc) is 2.43. The van der Waals surface area contributed by atoms with Gasteiger partial charge in [0.25, 0.3) is 5.91 Å². The highest BCUT2D eigenvalue weighted by molar-refractivity contribution is 7.80. The maximum absolute atomic E-state index is 11.7. The average molecular weight is 295 g/mol. The summed E-state index contributed by atoms with van der Waals surface area (Å²) in [7, 11) is 0. The fourth-order valence-corrected chi connectivity index (χ4v) is 1.51. The van der Waals surface area contributed by atoms with Gasteiger partial charge in [-0.05, 0) is 24.7 Å². The Morgan fingerprint density at radius 1 is 1.15 bits per heavy atom. The molecule has 1 rings (SSSR count). The minimum Gasteiger partial charge on any atom is -0.372 e. The molecule has 0 spiro atoms. The van der Waals surface area contributed by atoms with Gasteiger partial charge in [-0.15, -0.1) is 0 Å². The van der Waals surface area contributed by atoms with Crippen LogP contribution in [0.4, 0.5) is 0 Å². The molecule has 0 radical (unpaired) electrons. The van der Waals surface area contributed by atoms with Crippen molar-refractivity contribution in [3.05, 3.63) is 35.9 Å². The maximum atomic E-state index is 11.7. The highest BCUT2D eigenvalue weighted by Gasteiger charge is 2.06. The molecule has 0 aliphatic rings. The van der Waals surface area contributed by atoms with Gasteiger partial charge in [-0.1, -0.05) is 30.3 Å². The summed E-state index contributed by atoms with van der Waals surface area (Å²) in [6, 6.07) is 9.28. The third kappa shape index (κ3) is 6.81. The fourth-order valence-electron chi connectivity index (χ4n) is 1.34. The second-order valence-corrected chi connectivity index (χ2v) is 4.26. The third-order valence-corrected chi connectivity index (χ3v) is 2.42. The number of hydrazine groups is 1. The van der Waals surface area contributed by atoms with E-state index in [4.69, 9.17) is 17.0 Å². The van der Waals surface area contributed by atoms with E-state index in [2.05, 4.69) is 16.2 Å². The highest BCUT2D eigenvalue weighted by Crippen LogP contribution is 1.98. The molecule has 0 saturated carbocycles. The van der Waals surface area contributed by atoms with Crippen molar-refractivity contribution in [2.45, 2.75) is 13.3 Å². The van der Waals surface area contributed by atoms with Gasteiger partial charge >= 0.3 is 0 Å². The molecule has 0 heterocycles. The Kier molecular flexibility index (Phi) is 7.23. The molecule has 6 nitrogen and oxygen atoms in total. The van der Waals surface area contributed by atoms with Crippen LogP contribution >= 0.6 is 12.2 Å². The van der Waals surface area contributed by atoms with Crippen molar-refractivity contribution in [3.8, 4) is 0 Å². The van der Waals surface area contributed by atoms with Crippen LogP contribution in [0.2, 0.25) is 0 Å². The van der Waals surface area contributed by atoms with E-state index in [0.29, 0.717) is 6.61 Å². The van der Waals surface area contributed by atoms with Crippen LogP contribution in [0.5, 0.6) is 0 Å². The zero-order valence-corrected chi connectivity index (χ0v) is 12.0. The van der Waals surface area contributed by atoms with E-state index >= 15 is 0 Å². The maximum Gasteiger partial charge on any atom is 0.264 e. The highest BCUT2D eigenvalue weighted by atomic mass is 32.1. The normalized spacial score (nSPS) is 9.65. The lowest BCUT2D eigenvalue weighted by atomic mass is 10.1. The summed E-state index contributed by atoms with van der Waals surface area (Å²) >= 11 is 4.88. The Morgan fingerprint density at radius 2 is 1.85 bits per heavy atom. The van der Waals surface area contributed by atoms with Gasteiger partial charge in [-0.3, -0.25) is 20.4 Å². The lowest BCUT2D eigenvalue weighted by Gasteiger charge is -2.10. The standard InChI is InChI=1S/C13H17N3O3S/c1-2-19-9-12(18)15-16-13(20)14-11(17)8-10-6-4-3-5-7-10/h3-7H,2,8-9H2,1H3,(H,15,18)(H2,14,16,17,20). The Morgan fingerprint density at radius 3 is 2.50 bits per heavy atom. The Hall–Kier alpha value is -1.99. The zero-order chi connectivity index (χ0) is 14.8. The smallest absolute Gasteiger partial charge is 0.264 e. The number of thiocarbonyl (C=S) groups is 1. The largest absolute Gasteiger partial charge is 0.372 e. The van der Waals surface area contributed by atoms with Crippen LogP contribution in [0.1, 0.15) is 12.5 Å². The van der Waals surface area contributed by atoms with Gasteiger partial charge in [0, 0.05) is 6.61 Å². The van der Waals surface area contributed by atoms with Crippen molar-refractivity contribution in [2.75, 3.05) is 13.2 Å². The number of nitrogens with one attached hydrogen (secondary N) is 3. The lowest BCUT2D eigenvalue weighted by molar-refractivity contribution is -0.126.